The standard InChI is InChI=1S/C23H23N3O3/c1-3-26(19-7-5-4-6-8-19)23(28)21-15-18(13-14-24-21)22(27)25-16-17-9-11-20(29-2)12-10-17/h4-15H,3,16H2,1-2H3,(H,25,27). The summed E-state index contributed by atoms with van der Waals surface area (Å²) in [5.41, 5.74) is 2.36. The number of carbonyl (C=O) groups excluding carboxylic acids is 2. The maximum atomic E-state index is 12.9. The average Bonchev–Trinajstić information content (AvgIpc) is 2.79. The Morgan fingerprint density at radius 3 is 2.41 bits per heavy atom. The summed E-state index contributed by atoms with van der Waals surface area (Å²) in [4.78, 5) is 31.2. The van der Waals surface area contributed by atoms with Crippen LogP contribution in [0.4, 0.5) is 5.69 Å². The number of hydrogen-bond donors (Lipinski definition) is 1. The molecule has 1 aromatic heterocycles. The Morgan fingerprint density at radius 2 is 1.76 bits per heavy atom. The summed E-state index contributed by atoms with van der Waals surface area (Å²) >= 11 is 0. The van der Waals surface area contributed by atoms with E-state index in [-0.39, 0.29) is 17.5 Å². The van der Waals surface area contributed by atoms with E-state index in [2.05, 4.69) is 10.3 Å². The quantitative estimate of drug-likeness (QED) is 0.669. The molecule has 0 radical (unpaired) electrons. The van der Waals surface area contributed by atoms with E-state index in [0.717, 1.165) is 17.0 Å². The van der Waals surface area contributed by atoms with Gasteiger partial charge in [0.1, 0.15) is 11.4 Å². The highest BCUT2D eigenvalue weighted by Crippen LogP contribution is 2.16. The van der Waals surface area contributed by atoms with Gasteiger partial charge in [0.25, 0.3) is 11.8 Å². The lowest BCUT2D eigenvalue weighted by Crippen LogP contribution is -2.31. The lowest BCUT2D eigenvalue weighted by atomic mass is 10.1. The van der Waals surface area contributed by atoms with E-state index in [1.807, 2.05) is 61.5 Å². The van der Waals surface area contributed by atoms with Crippen LogP contribution in [-0.4, -0.2) is 30.5 Å². The predicted octanol–water partition coefficient (Wildman–Crippen LogP) is 3.69. The Balaban J connectivity index is 1.70. The topological polar surface area (TPSA) is 71.5 Å². The molecule has 3 aromatic rings. The van der Waals surface area contributed by atoms with Crippen molar-refractivity contribution in [3.05, 3.63) is 89.7 Å². The van der Waals surface area contributed by atoms with Crippen molar-refractivity contribution in [1.29, 1.82) is 0 Å². The van der Waals surface area contributed by atoms with Crippen LogP contribution in [0.25, 0.3) is 0 Å². The van der Waals surface area contributed by atoms with Crippen LogP contribution in [0.1, 0.15) is 33.3 Å². The first-order chi connectivity index (χ1) is 14.1. The first kappa shape index (κ1) is 20.1. The van der Waals surface area contributed by atoms with Crippen LogP contribution in [0, 0.1) is 0 Å². The van der Waals surface area contributed by atoms with E-state index >= 15 is 0 Å². The third kappa shape index (κ3) is 4.99. The van der Waals surface area contributed by atoms with Crippen LogP contribution < -0.4 is 15.0 Å². The molecule has 1 N–H and O–H groups in total. The number of hydrogen-bond acceptors (Lipinski definition) is 4. The molecule has 0 atom stereocenters. The molecule has 2 aromatic carbocycles. The number of anilines is 1. The maximum Gasteiger partial charge on any atom is 0.276 e. The summed E-state index contributed by atoms with van der Waals surface area (Å²) in [6.45, 7) is 2.77. The van der Waals surface area contributed by atoms with Gasteiger partial charge in [-0.2, -0.15) is 0 Å². The molecule has 0 unspecified atom stereocenters. The van der Waals surface area contributed by atoms with Crippen molar-refractivity contribution < 1.29 is 14.3 Å². The van der Waals surface area contributed by atoms with Gasteiger partial charge in [0, 0.05) is 30.5 Å². The van der Waals surface area contributed by atoms with Gasteiger partial charge in [0.05, 0.1) is 7.11 Å². The number of amides is 2. The van der Waals surface area contributed by atoms with Gasteiger partial charge < -0.3 is 15.0 Å². The largest absolute Gasteiger partial charge is 0.497 e. The molecule has 0 aliphatic rings. The predicted molar refractivity (Wildman–Crippen MR) is 112 cm³/mol. The van der Waals surface area contributed by atoms with Crippen molar-refractivity contribution in [1.82, 2.24) is 10.3 Å². The van der Waals surface area contributed by atoms with Gasteiger partial charge in [-0.15, -0.1) is 0 Å². The number of nitrogens with zero attached hydrogens (tertiary/aromatic N) is 2. The molecule has 29 heavy (non-hydrogen) atoms. The number of methoxy groups -OCH3 is 1. The van der Waals surface area contributed by atoms with E-state index in [0.29, 0.717) is 18.7 Å². The van der Waals surface area contributed by atoms with Crippen molar-refractivity contribution in [3.8, 4) is 5.75 Å². The van der Waals surface area contributed by atoms with Crippen molar-refractivity contribution >= 4 is 17.5 Å². The number of para-hydroxylation sites is 1. The molecule has 148 valence electrons. The highest BCUT2D eigenvalue weighted by atomic mass is 16.5. The molecule has 0 saturated heterocycles. The Morgan fingerprint density at radius 1 is 1.03 bits per heavy atom. The summed E-state index contributed by atoms with van der Waals surface area (Å²) < 4.78 is 5.13. The van der Waals surface area contributed by atoms with Crippen LogP contribution in [0.15, 0.2) is 72.9 Å². The summed E-state index contributed by atoms with van der Waals surface area (Å²) in [5.74, 6) is 0.250. The number of ether oxygens (including phenoxy) is 1. The van der Waals surface area contributed by atoms with Crippen LogP contribution in [-0.2, 0) is 6.54 Å². The second kappa shape index (κ2) is 9.50. The Bertz CT molecular complexity index is 972. The van der Waals surface area contributed by atoms with Gasteiger partial charge in [-0.05, 0) is 48.9 Å². The van der Waals surface area contributed by atoms with Gasteiger partial charge in [-0.3, -0.25) is 14.6 Å². The maximum absolute atomic E-state index is 12.9. The van der Waals surface area contributed by atoms with E-state index in [1.165, 1.54) is 12.3 Å². The summed E-state index contributed by atoms with van der Waals surface area (Å²) in [5, 5.41) is 2.86. The zero-order valence-electron chi connectivity index (χ0n) is 16.5. The first-order valence-electron chi connectivity index (χ1n) is 9.36. The summed E-state index contributed by atoms with van der Waals surface area (Å²) in [6, 6.07) is 20.0. The molecule has 1 heterocycles. The SMILES string of the molecule is CCN(C(=O)c1cc(C(=O)NCc2ccc(OC)cc2)ccn1)c1ccccc1. The number of rotatable bonds is 7. The number of nitrogens with one attached hydrogen (secondary N) is 1. The van der Waals surface area contributed by atoms with Gasteiger partial charge in [0.2, 0.25) is 0 Å². The van der Waals surface area contributed by atoms with Crippen molar-refractivity contribution in [2.45, 2.75) is 13.5 Å². The number of carbonyl (C=O) groups is 2. The first-order valence-corrected chi connectivity index (χ1v) is 9.36. The third-order valence-corrected chi connectivity index (χ3v) is 4.48. The Labute approximate surface area is 170 Å². The average molecular weight is 389 g/mol. The van der Waals surface area contributed by atoms with Crippen molar-refractivity contribution in [3.63, 3.8) is 0 Å². The normalized spacial score (nSPS) is 10.3. The third-order valence-electron chi connectivity index (χ3n) is 4.48. The van der Waals surface area contributed by atoms with Crippen LogP contribution >= 0.6 is 0 Å². The zero-order chi connectivity index (χ0) is 20.6. The van der Waals surface area contributed by atoms with E-state index in [9.17, 15) is 9.59 Å². The second-order valence-electron chi connectivity index (χ2n) is 6.35. The second-order valence-corrected chi connectivity index (χ2v) is 6.35. The number of aromatic nitrogens is 1. The fourth-order valence-corrected chi connectivity index (χ4v) is 2.91. The summed E-state index contributed by atoms with van der Waals surface area (Å²) in [7, 11) is 1.61. The molecule has 6 heteroatoms. The van der Waals surface area contributed by atoms with Crippen molar-refractivity contribution in [2.24, 2.45) is 0 Å². The number of benzene rings is 2. The number of pyridine rings is 1. The molecule has 0 fully saturated rings. The highest BCUT2D eigenvalue weighted by Gasteiger charge is 2.18. The van der Waals surface area contributed by atoms with Gasteiger partial charge >= 0.3 is 0 Å². The Kier molecular flexibility index (Phi) is 6.58. The van der Waals surface area contributed by atoms with Gasteiger partial charge in [0.15, 0.2) is 0 Å². The molecule has 2 amide bonds. The minimum Gasteiger partial charge on any atom is -0.497 e. The minimum atomic E-state index is -0.264. The monoisotopic (exact) mass is 389 g/mol. The van der Waals surface area contributed by atoms with E-state index in [4.69, 9.17) is 4.74 Å². The molecule has 0 saturated carbocycles. The minimum absolute atomic E-state index is 0.229. The van der Waals surface area contributed by atoms with Gasteiger partial charge in [-0.25, -0.2) is 0 Å². The van der Waals surface area contributed by atoms with E-state index < -0.39 is 0 Å². The summed E-state index contributed by atoms with van der Waals surface area (Å²) in [6.07, 6.45) is 1.48. The fourth-order valence-electron chi connectivity index (χ4n) is 2.91. The van der Waals surface area contributed by atoms with E-state index in [1.54, 1.807) is 18.1 Å². The van der Waals surface area contributed by atoms with Crippen molar-refractivity contribution in [2.75, 3.05) is 18.6 Å². The Hall–Kier alpha value is -3.67. The zero-order valence-corrected chi connectivity index (χ0v) is 16.5. The van der Waals surface area contributed by atoms with Crippen LogP contribution in [0.3, 0.4) is 0 Å². The molecule has 0 aliphatic heterocycles. The molecule has 0 aliphatic carbocycles. The molecule has 0 bridgehead atoms. The smallest absolute Gasteiger partial charge is 0.276 e. The molecule has 3 rings (SSSR count). The fraction of sp³-hybridized carbons (Fsp3) is 0.174. The molecular formula is C23H23N3O3. The lowest BCUT2D eigenvalue weighted by Gasteiger charge is -2.20. The van der Waals surface area contributed by atoms with Crippen LogP contribution in [0.2, 0.25) is 0 Å². The lowest BCUT2D eigenvalue weighted by molar-refractivity contribution is 0.0951. The van der Waals surface area contributed by atoms with Crippen LogP contribution in [0.5, 0.6) is 5.75 Å². The van der Waals surface area contributed by atoms with Gasteiger partial charge in [-0.1, -0.05) is 30.3 Å². The molecular weight excluding hydrogens is 366 g/mol. The molecule has 0 spiro atoms. The molecule has 6 nitrogen and oxygen atoms in total. The highest BCUT2D eigenvalue weighted by molar-refractivity contribution is 6.06.